The lowest BCUT2D eigenvalue weighted by atomic mass is 9.88. The summed E-state index contributed by atoms with van der Waals surface area (Å²) in [7, 11) is 0. The van der Waals surface area contributed by atoms with Gasteiger partial charge in [0.1, 0.15) is 0 Å². The fourth-order valence-corrected chi connectivity index (χ4v) is 1.63. The topological polar surface area (TPSA) is 67.1 Å². The van der Waals surface area contributed by atoms with Gasteiger partial charge in [-0.3, -0.25) is 4.79 Å². The van der Waals surface area contributed by atoms with Gasteiger partial charge in [0.15, 0.2) is 0 Å². The van der Waals surface area contributed by atoms with Gasteiger partial charge in [-0.2, -0.15) is 0 Å². The molecule has 0 amide bonds. The Labute approximate surface area is 75.4 Å². The Kier molecular flexibility index (Phi) is 1.81. The highest BCUT2D eigenvalue weighted by Crippen LogP contribution is 2.25. The van der Waals surface area contributed by atoms with E-state index in [4.69, 9.17) is 5.11 Å². The molecule has 1 saturated heterocycles. The van der Waals surface area contributed by atoms with E-state index in [9.17, 15) is 4.79 Å². The Morgan fingerprint density at radius 2 is 2.46 bits per heavy atom. The fourth-order valence-electron chi connectivity index (χ4n) is 1.63. The number of hydrogen-bond acceptors (Lipinski definition) is 3. The normalized spacial score (nSPS) is 19.4. The summed E-state index contributed by atoms with van der Waals surface area (Å²) >= 11 is 0. The first-order valence-electron chi connectivity index (χ1n) is 4.14. The SMILES string of the molecule is O=C(O)CC1(n2ccnc2)CNC1. The van der Waals surface area contributed by atoms with Crippen molar-refractivity contribution >= 4 is 5.97 Å². The molecule has 5 nitrogen and oxygen atoms in total. The molecule has 0 aromatic carbocycles. The Morgan fingerprint density at radius 1 is 1.69 bits per heavy atom. The van der Waals surface area contributed by atoms with Crippen molar-refractivity contribution in [3.63, 3.8) is 0 Å². The fraction of sp³-hybridized carbons (Fsp3) is 0.500. The van der Waals surface area contributed by atoms with Crippen LogP contribution in [0.4, 0.5) is 0 Å². The summed E-state index contributed by atoms with van der Waals surface area (Å²) in [5.74, 6) is -0.768. The van der Waals surface area contributed by atoms with Crippen molar-refractivity contribution in [1.82, 2.24) is 14.9 Å². The van der Waals surface area contributed by atoms with E-state index >= 15 is 0 Å². The van der Waals surface area contributed by atoms with Gasteiger partial charge in [-0.1, -0.05) is 0 Å². The van der Waals surface area contributed by atoms with E-state index in [1.54, 1.807) is 12.5 Å². The molecule has 2 N–H and O–H groups in total. The van der Waals surface area contributed by atoms with Crippen LogP contribution in [0.1, 0.15) is 6.42 Å². The van der Waals surface area contributed by atoms with E-state index in [2.05, 4.69) is 10.3 Å². The summed E-state index contributed by atoms with van der Waals surface area (Å²) in [5, 5.41) is 11.8. The van der Waals surface area contributed by atoms with Gasteiger partial charge in [0.25, 0.3) is 0 Å². The van der Waals surface area contributed by atoms with E-state index in [-0.39, 0.29) is 12.0 Å². The quantitative estimate of drug-likeness (QED) is 0.669. The highest BCUT2D eigenvalue weighted by atomic mass is 16.4. The number of aromatic nitrogens is 2. The molecule has 2 rings (SSSR count). The monoisotopic (exact) mass is 181 g/mol. The average Bonchev–Trinajstić information content (AvgIpc) is 2.48. The smallest absolute Gasteiger partial charge is 0.305 e. The van der Waals surface area contributed by atoms with Crippen LogP contribution in [0.25, 0.3) is 0 Å². The summed E-state index contributed by atoms with van der Waals surface area (Å²) in [4.78, 5) is 14.6. The Balaban J connectivity index is 2.20. The van der Waals surface area contributed by atoms with Crippen LogP contribution >= 0.6 is 0 Å². The van der Waals surface area contributed by atoms with E-state index in [0.717, 1.165) is 0 Å². The van der Waals surface area contributed by atoms with Gasteiger partial charge in [0, 0.05) is 25.5 Å². The molecule has 0 saturated carbocycles. The van der Waals surface area contributed by atoms with Crippen LogP contribution in [0.3, 0.4) is 0 Å². The predicted octanol–water partition coefficient (Wildman–Crippen LogP) is -0.344. The molecule has 13 heavy (non-hydrogen) atoms. The summed E-state index contributed by atoms with van der Waals surface area (Å²) < 4.78 is 1.87. The third-order valence-corrected chi connectivity index (χ3v) is 2.44. The number of carboxylic acids is 1. The Morgan fingerprint density at radius 3 is 2.85 bits per heavy atom. The van der Waals surface area contributed by atoms with Gasteiger partial charge >= 0.3 is 5.97 Å². The second-order valence-corrected chi connectivity index (χ2v) is 3.37. The molecule has 1 fully saturated rings. The van der Waals surface area contributed by atoms with Gasteiger partial charge < -0.3 is 15.0 Å². The maximum atomic E-state index is 10.6. The van der Waals surface area contributed by atoms with E-state index in [1.165, 1.54) is 0 Å². The van der Waals surface area contributed by atoms with Crippen molar-refractivity contribution < 1.29 is 9.90 Å². The van der Waals surface area contributed by atoms with Crippen LogP contribution in [0.15, 0.2) is 18.7 Å². The summed E-state index contributed by atoms with van der Waals surface area (Å²) in [5.41, 5.74) is -0.289. The standard InChI is InChI=1S/C8H11N3O2/c12-7(13)3-8(4-10-5-8)11-2-1-9-6-11/h1-2,6,10H,3-5H2,(H,12,13). The minimum Gasteiger partial charge on any atom is -0.481 e. The largest absolute Gasteiger partial charge is 0.481 e. The van der Waals surface area contributed by atoms with Crippen molar-refractivity contribution in [3.8, 4) is 0 Å². The Hall–Kier alpha value is -1.36. The summed E-state index contributed by atoms with van der Waals surface area (Å²) in [6, 6.07) is 0. The lowest BCUT2D eigenvalue weighted by Crippen LogP contribution is -2.61. The molecule has 1 aromatic rings. The predicted molar refractivity (Wildman–Crippen MR) is 45.3 cm³/mol. The van der Waals surface area contributed by atoms with Gasteiger partial charge in [0.05, 0.1) is 18.3 Å². The maximum Gasteiger partial charge on any atom is 0.305 e. The summed E-state index contributed by atoms with van der Waals surface area (Å²) in [6.45, 7) is 1.41. The molecule has 5 heteroatoms. The zero-order chi connectivity index (χ0) is 9.31. The van der Waals surface area contributed by atoms with E-state index in [1.807, 2.05) is 10.8 Å². The molecule has 0 radical (unpaired) electrons. The van der Waals surface area contributed by atoms with E-state index < -0.39 is 5.97 Å². The number of imidazole rings is 1. The molecule has 1 aliphatic rings. The van der Waals surface area contributed by atoms with Crippen molar-refractivity contribution in [2.45, 2.75) is 12.0 Å². The number of nitrogens with zero attached hydrogens (tertiary/aromatic N) is 2. The first-order valence-corrected chi connectivity index (χ1v) is 4.14. The zero-order valence-electron chi connectivity index (χ0n) is 7.10. The number of carbonyl (C=O) groups is 1. The molecule has 0 bridgehead atoms. The van der Waals surface area contributed by atoms with Crippen LogP contribution in [-0.4, -0.2) is 33.7 Å². The van der Waals surface area contributed by atoms with E-state index in [0.29, 0.717) is 13.1 Å². The average molecular weight is 181 g/mol. The number of aliphatic carboxylic acids is 1. The van der Waals surface area contributed by atoms with Crippen LogP contribution < -0.4 is 5.32 Å². The van der Waals surface area contributed by atoms with Crippen molar-refractivity contribution in [2.24, 2.45) is 0 Å². The van der Waals surface area contributed by atoms with Crippen molar-refractivity contribution in [2.75, 3.05) is 13.1 Å². The van der Waals surface area contributed by atoms with Crippen LogP contribution in [0.5, 0.6) is 0 Å². The third kappa shape index (κ3) is 1.31. The van der Waals surface area contributed by atoms with Gasteiger partial charge in [-0.25, -0.2) is 4.98 Å². The molecule has 1 aromatic heterocycles. The number of hydrogen-bond donors (Lipinski definition) is 2. The molecular weight excluding hydrogens is 170 g/mol. The molecule has 0 unspecified atom stereocenters. The molecule has 2 heterocycles. The lowest BCUT2D eigenvalue weighted by molar-refractivity contribution is -0.140. The molecule has 0 spiro atoms. The molecular formula is C8H11N3O2. The molecule has 1 aliphatic heterocycles. The number of carboxylic acid groups (broad SMARTS) is 1. The zero-order valence-corrected chi connectivity index (χ0v) is 7.10. The van der Waals surface area contributed by atoms with Crippen LogP contribution in [0.2, 0.25) is 0 Å². The minimum absolute atomic E-state index is 0.149. The molecule has 70 valence electrons. The first kappa shape index (κ1) is 8.25. The highest BCUT2D eigenvalue weighted by molar-refractivity contribution is 5.68. The maximum absolute atomic E-state index is 10.6. The van der Waals surface area contributed by atoms with Crippen LogP contribution in [-0.2, 0) is 10.3 Å². The number of nitrogens with one attached hydrogen (secondary N) is 1. The van der Waals surface area contributed by atoms with Gasteiger partial charge in [0.2, 0.25) is 0 Å². The highest BCUT2D eigenvalue weighted by Gasteiger charge is 2.40. The third-order valence-electron chi connectivity index (χ3n) is 2.44. The molecule has 0 aliphatic carbocycles. The van der Waals surface area contributed by atoms with Gasteiger partial charge in [-0.15, -0.1) is 0 Å². The number of rotatable bonds is 3. The van der Waals surface area contributed by atoms with Crippen LogP contribution in [0, 0.1) is 0 Å². The lowest BCUT2D eigenvalue weighted by Gasteiger charge is -2.42. The second-order valence-electron chi connectivity index (χ2n) is 3.37. The first-order chi connectivity index (χ1) is 6.23. The second kappa shape index (κ2) is 2.85. The Bertz CT molecular complexity index is 303. The minimum atomic E-state index is -0.768. The summed E-state index contributed by atoms with van der Waals surface area (Å²) in [6.07, 6.45) is 5.30. The van der Waals surface area contributed by atoms with Crippen molar-refractivity contribution in [3.05, 3.63) is 18.7 Å². The van der Waals surface area contributed by atoms with Crippen molar-refractivity contribution in [1.29, 1.82) is 0 Å². The molecule has 0 atom stereocenters. The van der Waals surface area contributed by atoms with Gasteiger partial charge in [-0.05, 0) is 0 Å².